The first-order valence-corrected chi connectivity index (χ1v) is 5.29. The first kappa shape index (κ1) is 9.71. The van der Waals surface area contributed by atoms with Crippen LogP contribution in [-0.2, 0) is 7.05 Å². The minimum atomic E-state index is -0.639. The molecule has 2 aromatic heterocycles. The molecule has 74 valence electrons. The molecule has 0 amide bonds. The molecule has 3 nitrogen and oxygen atoms in total. The third-order valence-electron chi connectivity index (χ3n) is 2.00. The van der Waals surface area contributed by atoms with Crippen LogP contribution in [0, 0.1) is 0 Å². The molecule has 0 bridgehead atoms. The first-order valence-electron chi connectivity index (χ1n) is 4.09. The Morgan fingerprint density at radius 3 is 2.79 bits per heavy atom. The number of thiophene rings is 1. The van der Waals surface area contributed by atoms with Crippen molar-refractivity contribution in [3.05, 3.63) is 39.3 Å². The van der Waals surface area contributed by atoms with Crippen LogP contribution in [0.15, 0.2) is 24.4 Å². The molecule has 0 aromatic carbocycles. The lowest BCUT2D eigenvalue weighted by Crippen LogP contribution is -2.04. The predicted molar refractivity (Wildman–Crippen MR) is 56.6 cm³/mol. The SMILES string of the molecule is Cn1nccc1C(O)c1ccc(Cl)s1. The standard InChI is InChI=1S/C9H9ClN2OS/c1-12-6(4-5-11-12)9(13)7-2-3-8(10)14-7/h2-5,9,13H,1H3. The van der Waals surface area contributed by atoms with E-state index in [0.29, 0.717) is 4.34 Å². The highest BCUT2D eigenvalue weighted by molar-refractivity contribution is 7.16. The van der Waals surface area contributed by atoms with Crippen molar-refractivity contribution in [2.45, 2.75) is 6.10 Å². The zero-order valence-electron chi connectivity index (χ0n) is 7.51. The van der Waals surface area contributed by atoms with E-state index in [2.05, 4.69) is 5.10 Å². The largest absolute Gasteiger partial charge is 0.381 e. The van der Waals surface area contributed by atoms with Crippen LogP contribution in [0.5, 0.6) is 0 Å². The monoisotopic (exact) mass is 228 g/mol. The summed E-state index contributed by atoms with van der Waals surface area (Å²) >= 11 is 7.17. The van der Waals surface area contributed by atoms with Gasteiger partial charge in [0.1, 0.15) is 6.10 Å². The second kappa shape index (κ2) is 3.73. The van der Waals surface area contributed by atoms with Crippen LogP contribution in [-0.4, -0.2) is 14.9 Å². The lowest BCUT2D eigenvalue weighted by atomic mass is 10.2. The molecule has 1 N–H and O–H groups in total. The smallest absolute Gasteiger partial charge is 0.130 e. The Bertz CT molecular complexity index is 437. The van der Waals surface area contributed by atoms with E-state index in [1.54, 1.807) is 30.1 Å². The van der Waals surface area contributed by atoms with Crippen molar-refractivity contribution in [1.82, 2.24) is 9.78 Å². The van der Waals surface area contributed by atoms with Gasteiger partial charge >= 0.3 is 0 Å². The van der Waals surface area contributed by atoms with Crippen LogP contribution in [0.2, 0.25) is 4.34 Å². The van der Waals surface area contributed by atoms with Crippen LogP contribution in [0.25, 0.3) is 0 Å². The van der Waals surface area contributed by atoms with E-state index in [9.17, 15) is 5.11 Å². The highest BCUT2D eigenvalue weighted by Crippen LogP contribution is 2.30. The number of halogens is 1. The summed E-state index contributed by atoms with van der Waals surface area (Å²) in [5.74, 6) is 0. The van der Waals surface area contributed by atoms with Gasteiger partial charge in [0.15, 0.2) is 0 Å². The van der Waals surface area contributed by atoms with Gasteiger partial charge in [0.25, 0.3) is 0 Å². The summed E-state index contributed by atoms with van der Waals surface area (Å²) in [7, 11) is 1.80. The Kier molecular flexibility index (Phi) is 2.58. The van der Waals surface area contributed by atoms with Crippen LogP contribution in [0.4, 0.5) is 0 Å². The summed E-state index contributed by atoms with van der Waals surface area (Å²) < 4.78 is 2.33. The van der Waals surface area contributed by atoms with E-state index in [-0.39, 0.29) is 0 Å². The van der Waals surface area contributed by atoms with Crippen LogP contribution >= 0.6 is 22.9 Å². The van der Waals surface area contributed by atoms with Gasteiger partial charge in [-0.25, -0.2) is 0 Å². The lowest BCUT2D eigenvalue weighted by molar-refractivity contribution is 0.213. The molecular formula is C9H9ClN2OS. The number of nitrogens with zero attached hydrogens (tertiary/aromatic N) is 2. The maximum absolute atomic E-state index is 9.97. The average Bonchev–Trinajstić information content (AvgIpc) is 2.73. The van der Waals surface area contributed by atoms with Crippen LogP contribution < -0.4 is 0 Å². The molecule has 2 rings (SSSR count). The number of rotatable bonds is 2. The molecule has 0 saturated heterocycles. The van der Waals surface area contributed by atoms with E-state index >= 15 is 0 Å². The van der Waals surface area contributed by atoms with Gasteiger partial charge in [-0.3, -0.25) is 4.68 Å². The van der Waals surface area contributed by atoms with Crippen molar-refractivity contribution in [3.63, 3.8) is 0 Å². The fraction of sp³-hybridized carbons (Fsp3) is 0.222. The number of hydrogen-bond donors (Lipinski definition) is 1. The van der Waals surface area contributed by atoms with Crippen LogP contribution in [0.1, 0.15) is 16.7 Å². The van der Waals surface area contributed by atoms with Gasteiger partial charge in [0, 0.05) is 18.1 Å². The average molecular weight is 229 g/mol. The Labute approximate surface area is 90.6 Å². The van der Waals surface area contributed by atoms with E-state index in [1.165, 1.54) is 11.3 Å². The Morgan fingerprint density at radius 1 is 1.50 bits per heavy atom. The molecule has 2 aromatic rings. The van der Waals surface area contributed by atoms with Crippen molar-refractivity contribution in [1.29, 1.82) is 0 Å². The van der Waals surface area contributed by atoms with Gasteiger partial charge < -0.3 is 5.11 Å². The van der Waals surface area contributed by atoms with Crippen LogP contribution in [0.3, 0.4) is 0 Å². The molecule has 1 unspecified atom stereocenters. The van der Waals surface area contributed by atoms with Gasteiger partial charge in [-0.1, -0.05) is 11.6 Å². The summed E-state index contributed by atoms with van der Waals surface area (Å²) in [5.41, 5.74) is 0.767. The number of aliphatic hydroxyl groups excluding tert-OH is 1. The van der Waals surface area contributed by atoms with Gasteiger partial charge in [-0.05, 0) is 18.2 Å². The highest BCUT2D eigenvalue weighted by Gasteiger charge is 2.15. The number of aryl methyl sites for hydroxylation is 1. The van der Waals surface area contributed by atoms with Gasteiger partial charge in [-0.2, -0.15) is 5.10 Å². The molecule has 0 aliphatic rings. The molecule has 0 radical (unpaired) electrons. The number of aromatic nitrogens is 2. The molecule has 14 heavy (non-hydrogen) atoms. The van der Waals surface area contributed by atoms with Crippen molar-refractivity contribution < 1.29 is 5.11 Å². The van der Waals surface area contributed by atoms with E-state index < -0.39 is 6.10 Å². The second-order valence-corrected chi connectivity index (χ2v) is 4.67. The number of aliphatic hydroxyl groups is 1. The van der Waals surface area contributed by atoms with Gasteiger partial charge in [0.2, 0.25) is 0 Å². The van der Waals surface area contributed by atoms with Crippen molar-refractivity contribution in [2.24, 2.45) is 7.05 Å². The molecular weight excluding hydrogens is 220 g/mol. The minimum Gasteiger partial charge on any atom is -0.381 e. The van der Waals surface area contributed by atoms with E-state index in [4.69, 9.17) is 11.6 Å². The van der Waals surface area contributed by atoms with E-state index in [0.717, 1.165) is 10.6 Å². The zero-order valence-corrected chi connectivity index (χ0v) is 9.09. The summed E-state index contributed by atoms with van der Waals surface area (Å²) in [6.07, 6.45) is 1.02. The summed E-state index contributed by atoms with van der Waals surface area (Å²) in [5, 5.41) is 14.0. The molecule has 1 atom stereocenters. The molecule has 0 fully saturated rings. The predicted octanol–water partition coefficient (Wildman–Crippen LogP) is 2.22. The second-order valence-electron chi connectivity index (χ2n) is 2.92. The lowest BCUT2D eigenvalue weighted by Gasteiger charge is -2.08. The first-order chi connectivity index (χ1) is 6.68. The molecule has 0 aliphatic heterocycles. The maximum atomic E-state index is 9.97. The number of hydrogen-bond acceptors (Lipinski definition) is 3. The zero-order chi connectivity index (χ0) is 10.1. The molecule has 5 heteroatoms. The molecule has 0 spiro atoms. The minimum absolute atomic E-state index is 0.639. The Balaban J connectivity index is 2.33. The van der Waals surface area contributed by atoms with Gasteiger partial charge in [-0.15, -0.1) is 11.3 Å². The quantitative estimate of drug-likeness (QED) is 0.856. The van der Waals surface area contributed by atoms with Crippen molar-refractivity contribution in [3.8, 4) is 0 Å². The topological polar surface area (TPSA) is 38.0 Å². The Morgan fingerprint density at radius 2 is 2.29 bits per heavy atom. The fourth-order valence-corrected chi connectivity index (χ4v) is 2.33. The normalized spacial score (nSPS) is 13.1. The maximum Gasteiger partial charge on any atom is 0.130 e. The molecule has 0 saturated carbocycles. The molecule has 2 heterocycles. The summed E-state index contributed by atoms with van der Waals surface area (Å²) in [4.78, 5) is 0.832. The summed E-state index contributed by atoms with van der Waals surface area (Å²) in [6, 6.07) is 5.39. The Hall–Kier alpha value is -0.840. The summed E-state index contributed by atoms with van der Waals surface area (Å²) in [6.45, 7) is 0. The van der Waals surface area contributed by atoms with Crippen molar-refractivity contribution >= 4 is 22.9 Å². The third-order valence-corrected chi connectivity index (χ3v) is 3.29. The van der Waals surface area contributed by atoms with E-state index in [1.807, 2.05) is 6.07 Å². The molecule has 0 aliphatic carbocycles. The highest BCUT2D eigenvalue weighted by atomic mass is 35.5. The van der Waals surface area contributed by atoms with Gasteiger partial charge in [0.05, 0.1) is 10.0 Å². The third kappa shape index (κ3) is 1.68. The fourth-order valence-electron chi connectivity index (χ4n) is 1.27. The van der Waals surface area contributed by atoms with Crippen molar-refractivity contribution in [2.75, 3.05) is 0 Å².